The average Bonchev–Trinajstić information content (AvgIpc) is 2.21. The van der Waals surface area contributed by atoms with E-state index in [-0.39, 0.29) is 0 Å². The van der Waals surface area contributed by atoms with Gasteiger partial charge in [-0.15, -0.1) is 0 Å². The molecule has 0 aliphatic carbocycles. The quantitative estimate of drug-likeness (QED) is 0.593. The number of hydrogen-bond acceptors (Lipinski definition) is 2. The van der Waals surface area contributed by atoms with Crippen LogP contribution in [0.15, 0.2) is 12.0 Å². The molecule has 2 rings (SSSR count). The topological polar surface area (TPSA) is 12.5 Å². The largest absolute Gasteiger partial charge is 0.499 e. The second-order valence-corrected chi connectivity index (χ2v) is 3.63. The van der Waals surface area contributed by atoms with Gasteiger partial charge in [0.1, 0.15) is 6.26 Å². The van der Waals surface area contributed by atoms with Crippen molar-refractivity contribution in [3.05, 3.63) is 12.0 Å². The maximum Gasteiger partial charge on any atom is 0.102 e. The van der Waals surface area contributed by atoms with Gasteiger partial charge in [-0.1, -0.05) is 0 Å². The molecular formula is C10H17NO. The van der Waals surface area contributed by atoms with E-state index in [9.17, 15) is 0 Å². The molecule has 0 spiro atoms. The zero-order valence-electron chi connectivity index (χ0n) is 7.59. The van der Waals surface area contributed by atoms with Crippen molar-refractivity contribution in [2.45, 2.75) is 32.1 Å². The normalized spacial score (nSPS) is 24.7. The van der Waals surface area contributed by atoms with Crippen LogP contribution in [-0.4, -0.2) is 24.6 Å². The lowest BCUT2D eigenvalue weighted by molar-refractivity contribution is 0.184. The summed E-state index contributed by atoms with van der Waals surface area (Å²) >= 11 is 0. The number of piperidine rings is 1. The Labute approximate surface area is 74.2 Å². The zero-order chi connectivity index (χ0) is 8.23. The minimum Gasteiger partial charge on any atom is -0.499 e. The third kappa shape index (κ3) is 1.74. The van der Waals surface area contributed by atoms with Gasteiger partial charge in [0, 0.05) is 18.8 Å². The van der Waals surface area contributed by atoms with Crippen LogP contribution in [0.5, 0.6) is 0 Å². The Balaban J connectivity index is 1.92. The molecule has 2 heteroatoms. The van der Waals surface area contributed by atoms with Crippen molar-refractivity contribution in [1.29, 1.82) is 0 Å². The highest BCUT2D eigenvalue weighted by atomic mass is 16.5. The lowest BCUT2D eigenvalue weighted by Crippen LogP contribution is -2.30. The summed E-state index contributed by atoms with van der Waals surface area (Å²) in [6.07, 6.45) is 8.51. The van der Waals surface area contributed by atoms with Gasteiger partial charge >= 0.3 is 0 Å². The van der Waals surface area contributed by atoms with Gasteiger partial charge in [-0.2, -0.15) is 0 Å². The van der Waals surface area contributed by atoms with Gasteiger partial charge < -0.3 is 9.64 Å². The maximum absolute atomic E-state index is 5.33. The summed E-state index contributed by atoms with van der Waals surface area (Å²) in [5, 5.41) is 0. The summed E-state index contributed by atoms with van der Waals surface area (Å²) in [7, 11) is 0. The Hall–Kier alpha value is -0.660. The fraction of sp³-hybridized carbons (Fsp3) is 0.800. The molecule has 0 unspecified atom stereocenters. The highest BCUT2D eigenvalue weighted by Gasteiger charge is 2.15. The minimum atomic E-state index is 0.914. The maximum atomic E-state index is 5.33. The molecule has 2 aliphatic heterocycles. The van der Waals surface area contributed by atoms with Crippen LogP contribution in [-0.2, 0) is 4.74 Å². The van der Waals surface area contributed by atoms with Crippen molar-refractivity contribution in [2.75, 3.05) is 19.7 Å². The first-order valence-corrected chi connectivity index (χ1v) is 5.02. The van der Waals surface area contributed by atoms with E-state index in [0.29, 0.717) is 0 Å². The molecule has 68 valence electrons. The predicted octanol–water partition coefficient (Wildman–Crippen LogP) is 2.12. The first-order chi connectivity index (χ1) is 5.97. The lowest BCUT2D eigenvalue weighted by atomic mass is 10.1. The number of likely N-dealkylation sites (tertiary alicyclic amines) is 1. The second-order valence-electron chi connectivity index (χ2n) is 3.63. The molecule has 0 aromatic heterocycles. The van der Waals surface area contributed by atoms with Crippen LogP contribution < -0.4 is 0 Å². The Morgan fingerprint density at radius 3 is 2.58 bits per heavy atom. The number of rotatable bonds is 1. The van der Waals surface area contributed by atoms with E-state index in [4.69, 9.17) is 4.74 Å². The minimum absolute atomic E-state index is 0.914. The van der Waals surface area contributed by atoms with Crippen LogP contribution in [0.1, 0.15) is 32.1 Å². The molecule has 2 nitrogen and oxygen atoms in total. The fourth-order valence-electron chi connectivity index (χ4n) is 1.96. The van der Waals surface area contributed by atoms with E-state index < -0.39 is 0 Å². The van der Waals surface area contributed by atoms with Crippen molar-refractivity contribution in [3.63, 3.8) is 0 Å². The standard InChI is InChI=1S/C10H17NO/c1-2-6-11(7-3-1)10-5-4-8-12-9-10/h9H,1-8H2. The van der Waals surface area contributed by atoms with Gasteiger partial charge in [0.15, 0.2) is 0 Å². The van der Waals surface area contributed by atoms with E-state index in [1.54, 1.807) is 0 Å². The van der Waals surface area contributed by atoms with Crippen molar-refractivity contribution < 1.29 is 4.74 Å². The van der Waals surface area contributed by atoms with Crippen molar-refractivity contribution in [1.82, 2.24) is 4.90 Å². The van der Waals surface area contributed by atoms with Crippen LogP contribution >= 0.6 is 0 Å². The van der Waals surface area contributed by atoms with E-state index in [2.05, 4.69) is 4.90 Å². The Morgan fingerprint density at radius 2 is 1.92 bits per heavy atom. The predicted molar refractivity (Wildman–Crippen MR) is 48.7 cm³/mol. The van der Waals surface area contributed by atoms with Crippen molar-refractivity contribution >= 4 is 0 Å². The van der Waals surface area contributed by atoms with Gasteiger partial charge in [0.2, 0.25) is 0 Å². The smallest absolute Gasteiger partial charge is 0.102 e. The lowest BCUT2D eigenvalue weighted by Gasteiger charge is -2.32. The molecule has 0 aromatic rings. The van der Waals surface area contributed by atoms with Gasteiger partial charge in [-0.25, -0.2) is 0 Å². The van der Waals surface area contributed by atoms with Gasteiger partial charge in [0.25, 0.3) is 0 Å². The van der Waals surface area contributed by atoms with Crippen molar-refractivity contribution in [3.8, 4) is 0 Å². The van der Waals surface area contributed by atoms with Crippen LogP contribution in [0, 0.1) is 0 Å². The molecule has 0 saturated carbocycles. The third-order valence-electron chi connectivity index (χ3n) is 2.68. The molecule has 12 heavy (non-hydrogen) atoms. The highest BCUT2D eigenvalue weighted by molar-refractivity contribution is 5.00. The zero-order valence-corrected chi connectivity index (χ0v) is 7.59. The van der Waals surface area contributed by atoms with Crippen LogP contribution in [0.2, 0.25) is 0 Å². The molecule has 2 heterocycles. The van der Waals surface area contributed by atoms with E-state index in [0.717, 1.165) is 6.61 Å². The molecular weight excluding hydrogens is 150 g/mol. The molecule has 0 bridgehead atoms. The number of ether oxygens (including phenoxy) is 1. The fourth-order valence-corrected chi connectivity index (χ4v) is 1.96. The molecule has 1 saturated heterocycles. The average molecular weight is 167 g/mol. The first-order valence-electron chi connectivity index (χ1n) is 5.02. The molecule has 2 aliphatic rings. The number of nitrogens with zero attached hydrogens (tertiary/aromatic N) is 1. The highest BCUT2D eigenvalue weighted by Crippen LogP contribution is 2.20. The Kier molecular flexibility index (Phi) is 2.54. The number of allylic oxidation sites excluding steroid dienone is 1. The Morgan fingerprint density at radius 1 is 1.08 bits per heavy atom. The molecule has 1 fully saturated rings. The second kappa shape index (κ2) is 3.83. The third-order valence-corrected chi connectivity index (χ3v) is 2.68. The SMILES string of the molecule is C1=C(N2CCCCC2)CCCO1. The first kappa shape index (κ1) is 7.96. The van der Waals surface area contributed by atoms with Gasteiger partial charge in [-0.3, -0.25) is 0 Å². The summed E-state index contributed by atoms with van der Waals surface area (Å²) in [5.41, 5.74) is 1.43. The van der Waals surface area contributed by atoms with Gasteiger partial charge in [-0.05, 0) is 32.1 Å². The Bertz CT molecular complexity index is 171. The summed E-state index contributed by atoms with van der Waals surface area (Å²) in [5.74, 6) is 0. The molecule has 0 N–H and O–H groups in total. The monoisotopic (exact) mass is 167 g/mol. The van der Waals surface area contributed by atoms with Crippen LogP contribution in [0.3, 0.4) is 0 Å². The summed E-state index contributed by atoms with van der Waals surface area (Å²) in [6.45, 7) is 3.40. The van der Waals surface area contributed by atoms with E-state index in [1.165, 1.54) is 50.9 Å². The van der Waals surface area contributed by atoms with Crippen LogP contribution in [0.4, 0.5) is 0 Å². The molecule has 0 atom stereocenters. The summed E-state index contributed by atoms with van der Waals surface area (Å²) in [4.78, 5) is 2.49. The molecule has 0 amide bonds. The van der Waals surface area contributed by atoms with E-state index in [1.807, 2.05) is 6.26 Å². The van der Waals surface area contributed by atoms with Gasteiger partial charge in [0.05, 0.1) is 6.61 Å². The number of hydrogen-bond donors (Lipinski definition) is 0. The van der Waals surface area contributed by atoms with Crippen molar-refractivity contribution in [2.24, 2.45) is 0 Å². The summed E-state index contributed by atoms with van der Waals surface area (Å²) in [6, 6.07) is 0. The van der Waals surface area contributed by atoms with Crippen LogP contribution in [0.25, 0.3) is 0 Å². The molecule has 0 radical (unpaired) electrons. The molecule has 0 aromatic carbocycles. The summed E-state index contributed by atoms with van der Waals surface area (Å²) < 4.78 is 5.33. The van der Waals surface area contributed by atoms with E-state index >= 15 is 0 Å².